The highest BCUT2D eigenvalue weighted by Gasteiger charge is 2.21. The number of rotatable bonds is 6. The van der Waals surface area contributed by atoms with Gasteiger partial charge in [-0.05, 0) is 50.4 Å². The smallest absolute Gasteiger partial charge is 0.240 e. The van der Waals surface area contributed by atoms with Crippen LogP contribution in [0.3, 0.4) is 0 Å². The van der Waals surface area contributed by atoms with Crippen molar-refractivity contribution >= 4 is 15.7 Å². The number of nitrogens with two attached hydrogens (primary N) is 1. The zero-order valence-electron chi connectivity index (χ0n) is 12.6. The standard InChI is InChI=1S/C15H25N3O2S/c1-2-10-18(12-13-6-5-9-17-11-13)14-7-3-4-8-15(14)21(16,19)20/h3-4,7-8,13,17H,2,5-6,9-12H2,1H3,(H2,16,19,20). The lowest BCUT2D eigenvalue weighted by Crippen LogP contribution is -2.39. The van der Waals surface area contributed by atoms with Gasteiger partial charge in [0, 0.05) is 13.1 Å². The molecule has 1 aliphatic rings. The molecule has 0 aromatic heterocycles. The van der Waals surface area contributed by atoms with Crippen molar-refractivity contribution in [2.24, 2.45) is 11.1 Å². The monoisotopic (exact) mass is 311 g/mol. The van der Waals surface area contributed by atoms with Gasteiger partial charge in [0.15, 0.2) is 0 Å². The Morgan fingerprint density at radius 3 is 2.76 bits per heavy atom. The van der Waals surface area contributed by atoms with E-state index in [1.165, 1.54) is 12.8 Å². The summed E-state index contributed by atoms with van der Waals surface area (Å²) < 4.78 is 23.6. The van der Waals surface area contributed by atoms with Crippen molar-refractivity contribution in [1.29, 1.82) is 0 Å². The molecule has 1 aliphatic heterocycles. The molecule has 21 heavy (non-hydrogen) atoms. The molecule has 1 aromatic carbocycles. The largest absolute Gasteiger partial charge is 0.370 e. The summed E-state index contributed by atoms with van der Waals surface area (Å²) in [5, 5.41) is 8.77. The van der Waals surface area contributed by atoms with Gasteiger partial charge in [-0.15, -0.1) is 0 Å². The van der Waals surface area contributed by atoms with Crippen molar-refractivity contribution < 1.29 is 8.42 Å². The van der Waals surface area contributed by atoms with E-state index in [1.54, 1.807) is 12.1 Å². The summed E-state index contributed by atoms with van der Waals surface area (Å²) in [4.78, 5) is 2.39. The molecule has 1 unspecified atom stereocenters. The Morgan fingerprint density at radius 2 is 2.14 bits per heavy atom. The van der Waals surface area contributed by atoms with Crippen LogP contribution in [0.25, 0.3) is 0 Å². The minimum absolute atomic E-state index is 0.224. The second kappa shape index (κ2) is 7.24. The van der Waals surface area contributed by atoms with Gasteiger partial charge in [-0.2, -0.15) is 0 Å². The lowest BCUT2D eigenvalue weighted by Gasteiger charge is -2.32. The number of hydrogen-bond acceptors (Lipinski definition) is 4. The lowest BCUT2D eigenvalue weighted by atomic mass is 9.98. The maximum atomic E-state index is 11.8. The number of benzene rings is 1. The van der Waals surface area contributed by atoms with Gasteiger partial charge in [0.2, 0.25) is 10.0 Å². The Balaban J connectivity index is 2.25. The normalized spacial score (nSPS) is 19.4. The molecule has 0 radical (unpaired) electrons. The van der Waals surface area contributed by atoms with E-state index in [9.17, 15) is 8.42 Å². The second-order valence-electron chi connectivity index (χ2n) is 5.67. The average Bonchev–Trinajstić information content (AvgIpc) is 2.47. The first-order valence-electron chi connectivity index (χ1n) is 7.60. The van der Waals surface area contributed by atoms with Gasteiger partial charge < -0.3 is 10.2 Å². The molecule has 0 aliphatic carbocycles. The van der Waals surface area contributed by atoms with Crippen LogP contribution in [0, 0.1) is 5.92 Å². The van der Waals surface area contributed by atoms with Gasteiger partial charge in [0.05, 0.1) is 5.69 Å². The molecule has 0 bridgehead atoms. The number of nitrogens with one attached hydrogen (secondary N) is 1. The number of para-hydroxylation sites is 1. The van der Waals surface area contributed by atoms with E-state index in [-0.39, 0.29) is 4.90 Å². The van der Waals surface area contributed by atoms with Crippen LogP contribution in [0.2, 0.25) is 0 Å². The van der Waals surface area contributed by atoms with E-state index >= 15 is 0 Å². The van der Waals surface area contributed by atoms with E-state index in [0.717, 1.165) is 38.3 Å². The van der Waals surface area contributed by atoms with Crippen molar-refractivity contribution in [2.45, 2.75) is 31.1 Å². The van der Waals surface area contributed by atoms with Gasteiger partial charge in [-0.1, -0.05) is 19.1 Å². The minimum Gasteiger partial charge on any atom is -0.370 e. The van der Waals surface area contributed by atoms with E-state index in [4.69, 9.17) is 5.14 Å². The molecular formula is C15H25N3O2S. The molecule has 2 rings (SSSR count). The Kier molecular flexibility index (Phi) is 5.61. The third-order valence-electron chi connectivity index (χ3n) is 3.88. The van der Waals surface area contributed by atoms with E-state index in [1.807, 2.05) is 12.1 Å². The van der Waals surface area contributed by atoms with Crippen LogP contribution in [-0.4, -0.2) is 34.6 Å². The van der Waals surface area contributed by atoms with Gasteiger partial charge in [-0.3, -0.25) is 0 Å². The molecular weight excluding hydrogens is 286 g/mol. The molecule has 5 nitrogen and oxygen atoms in total. The molecule has 6 heteroatoms. The number of hydrogen-bond donors (Lipinski definition) is 2. The third kappa shape index (κ3) is 4.43. The fraction of sp³-hybridized carbons (Fsp3) is 0.600. The first-order valence-corrected chi connectivity index (χ1v) is 9.14. The topological polar surface area (TPSA) is 75.4 Å². The van der Waals surface area contributed by atoms with Crippen molar-refractivity contribution in [3.05, 3.63) is 24.3 Å². The van der Waals surface area contributed by atoms with Crippen LogP contribution in [-0.2, 0) is 10.0 Å². The van der Waals surface area contributed by atoms with Crippen molar-refractivity contribution in [3.8, 4) is 0 Å². The summed E-state index contributed by atoms with van der Waals surface area (Å²) in [5.74, 6) is 0.554. The molecule has 1 fully saturated rings. The van der Waals surface area contributed by atoms with Crippen LogP contribution >= 0.6 is 0 Å². The molecule has 118 valence electrons. The molecule has 1 heterocycles. The summed E-state index contributed by atoms with van der Waals surface area (Å²) >= 11 is 0. The summed E-state index contributed by atoms with van der Waals surface area (Å²) in [5.41, 5.74) is 0.729. The first-order chi connectivity index (χ1) is 10.0. The van der Waals surface area contributed by atoms with E-state index in [0.29, 0.717) is 5.92 Å². The van der Waals surface area contributed by atoms with Crippen LogP contribution in [0.15, 0.2) is 29.2 Å². The van der Waals surface area contributed by atoms with Gasteiger partial charge in [0.1, 0.15) is 4.90 Å². The van der Waals surface area contributed by atoms with Crippen LogP contribution in [0.5, 0.6) is 0 Å². The second-order valence-corrected chi connectivity index (χ2v) is 7.20. The van der Waals surface area contributed by atoms with E-state index < -0.39 is 10.0 Å². The Hall–Kier alpha value is -1.11. The molecule has 0 amide bonds. The molecule has 1 saturated heterocycles. The highest BCUT2D eigenvalue weighted by atomic mass is 32.2. The minimum atomic E-state index is -3.69. The summed E-state index contributed by atoms with van der Waals surface area (Å²) in [6.45, 7) is 5.89. The number of sulfonamides is 1. The predicted octanol–water partition coefficient (Wildman–Crippen LogP) is 1.55. The van der Waals surface area contributed by atoms with Crippen molar-refractivity contribution in [1.82, 2.24) is 5.32 Å². The zero-order valence-corrected chi connectivity index (χ0v) is 13.4. The van der Waals surface area contributed by atoms with Crippen LogP contribution < -0.4 is 15.4 Å². The average molecular weight is 311 g/mol. The quantitative estimate of drug-likeness (QED) is 0.836. The molecule has 3 N–H and O–H groups in total. The molecule has 1 atom stereocenters. The van der Waals surface area contributed by atoms with Crippen molar-refractivity contribution in [3.63, 3.8) is 0 Å². The zero-order chi connectivity index (χ0) is 15.3. The molecule has 1 aromatic rings. The van der Waals surface area contributed by atoms with Gasteiger partial charge >= 0.3 is 0 Å². The fourth-order valence-electron chi connectivity index (χ4n) is 2.93. The first kappa shape index (κ1) is 16.3. The van der Waals surface area contributed by atoms with Crippen LogP contribution in [0.4, 0.5) is 5.69 Å². The highest BCUT2D eigenvalue weighted by Crippen LogP contribution is 2.26. The third-order valence-corrected chi connectivity index (χ3v) is 4.84. The highest BCUT2D eigenvalue weighted by molar-refractivity contribution is 7.89. The Labute approximate surface area is 127 Å². The van der Waals surface area contributed by atoms with Crippen LogP contribution in [0.1, 0.15) is 26.2 Å². The number of anilines is 1. The van der Waals surface area contributed by atoms with Crippen molar-refractivity contribution in [2.75, 3.05) is 31.1 Å². The number of piperidine rings is 1. The Morgan fingerprint density at radius 1 is 1.38 bits per heavy atom. The van der Waals surface area contributed by atoms with Gasteiger partial charge in [-0.25, -0.2) is 13.6 Å². The number of primary sulfonamides is 1. The van der Waals surface area contributed by atoms with E-state index in [2.05, 4.69) is 17.1 Å². The lowest BCUT2D eigenvalue weighted by molar-refractivity contribution is 0.376. The maximum Gasteiger partial charge on any atom is 0.240 e. The SMILES string of the molecule is CCCN(CC1CCCNC1)c1ccccc1S(N)(=O)=O. The van der Waals surface area contributed by atoms with Gasteiger partial charge in [0.25, 0.3) is 0 Å². The summed E-state index contributed by atoms with van der Waals surface area (Å²) in [6, 6.07) is 7.03. The fourth-order valence-corrected chi connectivity index (χ4v) is 3.69. The predicted molar refractivity (Wildman–Crippen MR) is 85.9 cm³/mol. The molecule has 0 spiro atoms. The molecule has 0 saturated carbocycles. The maximum absolute atomic E-state index is 11.8. The Bertz CT molecular complexity index is 554. The summed E-state index contributed by atoms with van der Waals surface area (Å²) in [6.07, 6.45) is 3.34. The summed E-state index contributed by atoms with van der Waals surface area (Å²) in [7, 11) is -3.69. The number of nitrogens with zero attached hydrogens (tertiary/aromatic N) is 1.